The molecule has 1 unspecified atom stereocenters. The van der Waals surface area contributed by atoms with E-state index in [4.69, 9.17) is 0 Å². The topological polar surface area (TPSA) is 75.3 Å². The fourth-order valence-corrected chi connectivity index (χ4v) is 4.14. The maximum Gasteiger partial charge on any atom is 0.238 e. The molecular weight excluding hydrogens is 399 g/mol. The Morgan fingerprint density at radius 1 is 1.07 bits per heavy atom. The molecule has 0 aliphatic rings. The monoisotopic (exact) mass is 418 g/mol. The molecule has 0 aliphatic heterocycles. The molecule has 5 nitrogen and oxygen atoms in total. The first kappa shape index (κ1) is 20.2. The Morgan fingerprint density at radius 3 is 2.32 bits per heavy atom. The van der Waals surface area contributed by atoms with Crippen molar-refractivity contribution < 1.29 is 17.6 Å². The van der Waals surface area contributed by atoms with Crippen molar-refractivity contribution in [1.29, 1.82) is 0 Å². The Morgan fingerprint density at radius 2 is 1.75 bits per heavy atom. The number of hydrogen-bond acceptors (Lipinski definition) is 5. The summed E-state index contributed by atoms with van der Waals surface area (Å²) < 4.78 is 36.2. The second-order valence-corrected chi connectivity index (χ2v) is 9.22. The molecule has 0 radical (unpaired) electrons. The Labute approximate surface area is 167 Å². The summed E-state index contributed by atoms with van der Waals surface area (Å²) in [5, 5.41) is 7.86. The molecule has 0 saturated carbocycles. The number of rotatable bonds is 7. The van der Waals surface area contributed by atoms with Crippen molar-refractivity contribution in [3.05, 3.63) is 82.3 Å². The van der Waals surface area contributed by atoms with Gasteiger partial charge in [-0.25, -0.2) is 12.8 Å². The highest BCUT2D eigenvalue weighted by atomic mass is 32.2. The summed E-state index contributed by atoms with van der Waals surface area (Å²) in [7, 11) is -3.28. The van der Waals surface area contributed by atoms with Gasteiger partial charge in [0.25, 0.3) is 0 Å². The molecule has 8 heteroatoms. The third-order valence-electron chi connectivity index (χ3n) is 4.06. The molecule has 1 heterocycles. The third-order valence-corrected chi connectivity index (χ3v) is 6.13. The summed E-state index contributed by atoms with van der Waals surface area (Å²) in [6.45, 7) is 0.0355. The molecule has 1 amide bonds. The maximum absolute atomic E-state index is 13.2. The van der Waals surface area contributed by atoms with E-state index in [1.807, 2.05) is 17.5 Å². The quantitative estimate of drug-likeness (QED) is 0.615. The summed E-state index contributed by atoms with van der Waals surface area (Å²) in [6.07, 6.45) is 1.13. The van der Waals surface area contributed by atoms with Crippen molar-refractivity contribution in [1.82, 2.24) is 5.32 Å². The Kier molecular flexibility index (Phi) is 6.23. The molecule has 146 valence electrons. The summed E-state index contributed by atoms with van der Waals surface area (Å²) in [5.74, 6) is -0.584. The Bertz CT molecular complexity index is 1030. The van der Waals surface area contributed by atoms with Gasteiger partial charge in [-0.15, -0.1) is 11.3 Å². The molecule has 0 fully saturated rings. The lowest BCUT2D eigenvalue weighted by Gasteiger charge is -2.18. The van der Waals surface area contributed by atoms with Crippen LogP contribution in [0.1, 0.15) is 16.5 Å². The molecule has 2 N–H and O–H groups in total. The lowest BCUT2D eigenvalue weighted by atomic mass is 10.1. The molecule has 0 bridgehead atoms. The van der Waals surface area contributed by atoms with Gasteiger partial charge in [0.2, 0.25) is 5.91 Å². The Balaban J connectivity index is 1.66. The fourth-order valence-electron chi connectivity index (χ4n) is 2.68. The first-order valence-corrected chi connectivity index (χ1v) is 11.2. The predicted molar refractivity (Wildman–Crippen MR) is 109 cm³/mol. The molecule has 3 aromatic rings. The molecule has 0 spiro atoms. The average molecular weight is 419 g/mol. The van der Waals surface area contributed by atoms with Crippen LogP contribution >= 0.6 is 11.3 Å². The van der Waals surface area contributed by atoms with Crippen LogP contribution in [0.25, 0.3) is 0 Å². The van der Waals surface area contributed by atoms with E-state index in [1.165, 1.54) is 24.3 Å². The largest absolute Gasteiger partial charge is 0.325 e. The van der Waals surface area contributed by atoms with E-state index in [-0.39, 0.29) is 29.2 Å². The minimum atomic E-state index is -3.28. The third kappa shape index (κ3) is 5.25. The molecule has 0 aliphatic carbocycles. The molecule has 1 atom stereocenters. The summed E-state index contributed by atoms with van der Waals surface area (Å²) in [6, 6.07) is 15.8. The van der Waals surface area contributed by atoms with Crippen LogP contribution in [0.4, 0.5) is 10.1 Å². The van der Waals surface area contributed by atoms with E-state index < -0.39 is 9.84 Å². The molecule has 28 heavy (non-hydrogen) atoms. The van der Waals surface area contributed by atoms with Gasteiger partial charge >= 0.3 is 0 Å². The highest BCUT2D eigenvalue weighted by Gasteiger charge is 2.16. The number of thiophene rings is 1. The number of carbonyl (C=O) groups is 1. The van der Waals surface area contributed by atoms with Gasteiger partial charge in [-0.1, -0.05) is 18.2 Å². The number of hydrogen-bond donors (Lipinski definition) is 2. The Hall–Kier alpha value is -2.55. The first-order valence-electron chi connectivity index (χ1n) is 8.45. The second kappa shape index (κ2) is 8.64. The standard InChI is InChI=1S/C20H19FN2O3S2/c1-28(25,26)17-10-8-16(9-11-17)23-19(24)13-22-20(18-3-2-12-27-18)14-4-6-15(21)7-5-14/h2-12,20,22H,13H2,1H3,(H,23,24). The van der Waals surface area contributed by atoms with Crippen LogP contribution in [0.3, 0.4) is 0 Å². The zero-order valence-electron chi connectivity index (χ0n) is 15.1. The van der Waals surface area contributed by atoms with Crippen LogP contribution in [0.2, 0.25) is 0 Å². The maximum atomic E-state index is 13.2. The normalized spacial score (nSPS) is 12.5. The van der Waals surface area contributed by atoms with Crippen molar-refractivity contribution in [2.75, 3.05) is 18.1 Å². The fraction of sp³-hybridized carbons (Fsp3) is 0.150. The number of halogens is 1. The van der Waals surface area contributed by atoms with Gasteiger partial charge in [-0.2, -0.15) is 0 Å². The van der Waals surface area contributed by atoms with Gasteiger partial charge in [0.15, 0.2) is 9.84 Å². The van der Waals surface area contributed by atoms with Gasteiger partial charge in [0, 0.05) is 16.8 Å². The van der Waals surface area contributed by atoms with Crippen molar-refractivity contribution in [3.8, 4) is 0 Å². The summed E-state index contributed by atoms with van der Waals surface area (Å²) in [4.78, 5) is 13.5. The molecule has 3 rings (SSSR count). The molecule has 1 aromatic heterocycles. The highest BCUT2D eigenvalue weighted by Crippen LogP contribution is 2.26. The van der Waals surface area contributed by atoms with E-state index in [2.05, 4.69) is 10.6 Å². The predicted octanol–water partition coefficient (Wildman–Crippen LogP) is 3.61. The number of nitrogens with one attached hydrogen (secondary N) is 2. The summed E-state index contributed by atoms with van der Waals surface area (Å²) >= 11 is 1.54. The summed E-state index contributed by atoms with van der Waals surface area (Å²) in [5.41, 5.74) is 1.36. The SMILES string of the molecule is CS(=O)(=O)c1ccc(NC(=O)CNC(c2ccc(F)cc2)c2cccs2)cc1. The van der Waals surface area contributed by atoms with E-state index in [9.17, 15) is 17.6 Å². The van der Waals surface area contributed by atoms with Crippen LogP contribution in [0.5, 0.6) is 0 Å². The van der Waals surface area contributed by atoms with Gasteiger partial charge in [0.1, 0.15) is 5.82 Å². The van der Waals surface area contributed by atoms with Crippen LogP contribution in [0, 0.1) is 5.82 Å². The zero-order valence-corrected chi connectivity index (χ0v) is 16.7. The lowest BCUT2D eigenvalue weighted by molar-refractivity contribution is -0.115. The van der Waals surface area contributed by atoms with Gasteiger partial charge < -0.3 is 5.32 Å². The zero-order chi connectivity index (χ0) is 20.1. The average Bonchev–Trinajstić information content (AvgIpc) is 3.17. The van der Waals surface area contributed by atoms with Crippen LogP contribution < -0.4 is 10.6 Å². The number of benzene rings is 2. The van der Waals surface area contributed by atoms with Crippen molar-refractivity contribution >= 4 is 32.8 Å². The van der Waals surface area contributed by atoms with E-state index >= 15 is 0 Å². The van der Waals surface area contributed by atoms with E-state index in [0.717, 1.165) is 16.7 Å². The number of carbonyl (C=O) groups excluding carboxylic acids is 1. The number of amides is 1. The smallest absolute Gasteiger partial charge is 0.238 e. The van der Waals surface area contributed by atoms with Gasteiger partial charge in [0.05, 0.1) is 17.5 Å². The van der Waals surface area contributed by atoms with Crippen molar-refractivity contribution in [2.45, 2.75) is 10.9 Å². The second-order valence-electron chi connectivity index (χ2n) is 6.23. The van der Waals surface area contributed by atoms with E-state index in [1.54, 1.807) is 35.6 Å². The van der Waals surface area contributed by atoms with Gasteiger partial charge in [-0.05, 0) is 53.4 Å². The van der Waals surface area contributed by atoms with Crippen LogP contribution in [-0.2, 0) is 14.6 Å². The molecule has 2 aromatic carbocycles. The van der Waals surface area contributed by atoms with Crippen molar-refractivity contribution in [3.63, 3.8) is 0 Å². The van der Waals surface area contributed by atoms with Crippen molar-refractivity contribution in [2.24, 2.45) is 0 Å². The molecular formula is C20H19FN2O3S2. The molecule has 0 saturated heterocycles. The van der Waals surface area contributed by atoms with Crippen LogP contribution in [-0.4, -0.2) is 27.1 Å². The van der Waals surface area contributed by atoms with E-state index in [0.29, 0.717) is 5.69 Å². The van der Waals surface area contributed by atoms with Gasteiger partial charge in [-0.3, -0.25) is 10.1 Å². The minimum absolute atomic E-state index is 0.0355. The number of sulfone groups is 1. The minimum Gasteiger partial charge on any atom is -0.325 e. The number of anilines is 1. The highest BCUT2D eigenvalue weighted by molar-refractivity contribution is 7.90. The first-order chi connectivity index (χ1) is 13.3. The van der Waals surface area contributed by atoms with Crippen LogP contribution in [0.15, 0.2) is 70.9 Å². The lowest BCUT2D eigenvalue weighted by Crippen LogP contribution is -2.31.